The van der Waals surface area contributed by atoms with E-state index >= 15 is 0 Å². The molecular formula is C36H24BBrN2O6S2. The van der Waals surface area contributed by atoms with E-state index in [4.69, 9.17) is 0 Å². The number of fused-ring (bicyclic) bond motifs is 6. The molecule has 48 heavy (non-hydrogen) atoms. The molecule has 0 radical (unpaired) electrons. The molecule has 12 heteroatoms. The summed E-state index contributed by atoms with van der Waals surface area (Å²) in [5, 5.41) is 44.7. The molecule has 8 rings (SSSR count). The maximum atomic E-state index is 11.3. The highest BCUT2D eigenvalue weighted by atomic mass is 79.9. The van der Waals surface area contributed by atoms with E-state index in [1.165, 1.54) is 26.2 Å². The first kappa shape index (κ1) is 32.9. The van der Waals surface area contributed by atoms with Crippen LogP contribution in [0, 0.1) is 20.2 Å². The Morgan fingerprint density at radius 3 is 1.56 bits per heavy atom. The molecule has 8 nitrogen and oxygen atoms in total. The van der Waals surface area contributed by atoms with Crippen molar-refractivity contribution in [2.75, 3.05) is 0 Å². The summed E-state index contributed by atoms with van der Waals surface area (Å²) in [6.07, 6.45) is 0. The number of halogens is 1. The third kappa shape index (κ3) is 6.70. The maximum Gasteiger partial charge on any atom is 0.489 e. The average Bonchev–Trinajstić information content (AvgIpc) is 3.67. The van der Waals surface area contributed by atoms with Crippen LogP contribution in [0.25, 0.3) is 51.5 Å². The number of hydrogen-bond acceptors (Lipinski definition) is 8. The molecule has 2 heterocycles. The zero-order chi connectivity index (χ0) is 33.8. The summed E-state index contributed by atoms with van der Waals surface area (Å²) in [5.74, 6) is 0. The molecule has 236 valence electrons. The fourth-order valence-electron chi connectivity index (χ4n) is 5.39. The minimum Gasteiger partial charge on any atom is -0.423 e. The van der Waals surface area contributed by atoms with Gasteiger partial charge in [0, 0.05) is 52.7 Å². The molecule has 0 aliphatic heterocycles. The molecule has 0 saturated heterocycles. The molecule has 0 spiro atoms. The fraction of sp³-hybridized carbons (Fsp3) is 0. The van der Waals surface area contributed by atoms with Crippen molar-refractivity contribution in [2.24, 2.45) is 0 Å². The lowest BCUT2D eigenvalue weighted by Gasteiger charge is -2.04. The van der Waals surface area contributed by atoms with E-state index in [-0.39, 0.29) is 16.3 Å². The molecule has 0 fully saturated rings. The number of nitro benzene ring substituents is 2. The van der Waals surface area contributed by atoms with Crippen LogP contribution in [-0.4, -0.2) is 27.0 Å². The number of hydrogen-bond donors (Lipinski definition) is 2. The van der Waals surface area contributed by atoms with Crippen LogP contribution in [0.15, 0.2) is 138 Å². The van der Waals surface area contributed by atoms with Gasteiger partial charge in [0.05, 0.1) is 19.9 Å². The third-order valence-corrected chi connectivity index (χ3v) is 10.7. The van der Waals surface area contributed by atoms with Crippen molar-refractivity contribution < 1.29 is 19.9 Å². The van der Waals surface area contributed by atoms with Crippen LogP contribution in [0.1, 0.15) is 0 Å². The van der Waals surface area contributed by atoms with Crippen molar-refractivity contribution in [2.45, 2.75) is 0 Å². The van der Waals surface area contributed by atoms with Gasteiger partial charge in [0.15, 0.2) is 0 Å². The molecule has 0 unspecified atom stereocenters. The van der Waals surface area contributed by atoms with E-state index in [1.54, 1.807) is 59.1 Å². The molecule has 0 aliphatic carbocycles. The lowest BCUT2D eigenvalue weighted by atomic mass is 9.80. The molecule has 0 bridgehead atoms. The Bertz CT molecular complexity index is 2450. The molecule has 0 atom stereocenters. The molecule has 0 saturated carbocycles. The van der Waals surface area contributed by atoms with Crippen LogP contribution in [0.5, 0.6) is 0 Å². The molecule has 0 amide bonds. The van der Waals surface area contributed by atoms with E-state index in [2.05, 4.69) is 40.2 Å². The Balaban J connectivity index is 0.000000135. The minimum absolute atomic E-state index is 0.0995. The van der Waals surface area contributed by atoms with Gasteiger partial charge in [-0.05, 0) is 51.0 Å². The van der Waals surface area contributed by atoms with Gasteiger partial charge in [-0.15, -0.1) is 22.7 Å². The van der Waals surface area contributed by atoms with Crippen LogP contribution >= 0.6 is 38.6 Å². The zero-order valence-electron chi connectivity index (χ0n) is 24.9. The summed E-state index contributed by atoms with van der Waals surface area (Å²) in [7, 11) is -1.41. The van der Waals surface area contributed by atoms with Crippen molar-refractivity contribution in [3.05, 3.63) is 158 Å². The number of nitrogens with zero attached hydrogens (tertiary/aromatic N) is 2. The van der Waals surface area contributed by atoms with Gasteiger partial charge in [0.25, 0.3) is 11.4 Å². The topological polar surface area (TPSA) is 127 Å². The van der Waals surface area contributed by atoms with Crippen molar-refractivity contribution in [3.63, 3.8) is 0 Å². The summed E-state index contributed by atoms with van der Waals surface area (Å²) in [6, 6.07) is 41.3. The lowest BCUT2D eigenvalue weighted by molar-refractivity contribution is -0.385. The molecule has 2 aromatic heterocycles. The quantitative estimate of drug-likeness (QED) is 0.105. The second-order valence-electron chi connectivity index (χ2n) is 10.5. The summed E-state index contributed by atoms with van der Waals surface area (Å²) in [4.78, 5) is 20.8. The summed E-state index contributed by atoms with van der Waals surface area (Å²) < 4.78 is 4.94. The standard InChI is InChI=1S/C18H11NO2S.C12H9BO2S.C6H4BrNO2/c20-19(21)16-10-3-1-6-12(16)14-8-5-9-15-13-7-2-4-11-17(13)22-18(14)15;14-13(15)10-6-3-5-9-8-4-1-2-7-11(8)16-12(9)10;7-5-3-1-2-4-6(5)8(9)10/h1-11H;1-7,14-15H;1-4H. The number of rotatable bonds is 4. The van der Waals surface area contributed by atoms with Crippen molar-refractivity contribution in [1.29, 1.82) is 0 Å². The molecule has 8 aromatic rings. The first-order valence-electron chi connectivity index (χ1n) is 14.5. The number of thiophene rings is 2. The number of nitro groups is 2. The first-order chi connectivity index (χ1) is 23.2. The predicted molar refractivity (Wildman–Crippen MR) is 201 cm³/mol. The Kier molecular flexibility index (Phi) is 9.90. The van der Waals surface area contributed by atoms with Crippen LogP contribution in [0.3, 0.4) is 0 Å². The lowest BCUT2D eigenvalue weighted by Crippen LogP contribution is -2.29. The summed E-state index contributed by atoms with van der Waals surface area (Å²) in [6.45, 7) is 0. The molecular weight excluding hydrogens is 711 g/mol. The second kappa shape index (κ2) is 14.4. The zero-order valence-corrected chi connectivity index (χ0v) is 28.1. The van der Waals surface area contributed by atoms with Gasteiger partial charge in [-0.25, -0.2) is 0 Å². The average molecular weight is 735 g/mol. The van der Waals surface area contributed by atoms with Crippen molar-refractivity contribution >= 4 is 103 Å². The van der Waals surface area contributed by atoms with Crippen LogP contribution in [-0.2, 0) is 0 Å². The van der Waals surface area contributed by atoms with Crippen LogP contribution in [0.4, 0.5) is 11.4 Å². The van der Waals surface area contributed by atoms with E-state index in [0.717, 1.165) is 25.7 Å². The SMILES string of the molecule is O=[N+]([O-])c1ccccc1-c1cccc2c1sc1ccccc12.O=[N+]([O-])c1ccccc1Br.OB(O)c1cccc2c1sc1ccccc12. The van der Waals surface area contributed by atoms with Gasteiger partial charge < -0.3 is 10.0 Å². The Morgan fingerprint density at radius 2 is 0.979 bits per heavy atom. The van der Waals surface area contributed by atoms with Crippen molar-refractivity contribution in [1.82, 2.24) is 0 Å². The van der Waals surface area contributed by atoms with Crippen LogP contribution in [0.2, 0.25) is 0 Å². The van der Waals surface area contributed by atoms with Crippen molar-refractivity contribution in [3.8, 4) is 11.1 Å². The number of para-hydroxylation sites is 2. The van der Waals surface area contributed by atoms with Gasteiger partial charge in [-0.2, -0.15) is 0 Å². The van der Waals surface area contributed by atoms with Gasteiger partial charge >= 0.3 is 7.12 Å². The summed E-state index contributed by atoms with van der Waals surface area (Å²) >= 11 is 6.33. The second-order valence-corrected chi connectivity index (χ2v) is 13.4. The fourth-order valence-corrected chi connectivity index (χ4v) is 8.29. The molecule has 0 aliphatic rings. The highest BCUT2D eigenvalue weighted by Crippen LogP contribution is 2.42. The normalized spacial score (nSPS) is 10.7. The Hall–Kier alpha value is -4.98. The Morgan fingerprint density at radius 1 is 0.521 bits per heavy atom. The largest absolute Gasteiger partial charge is 0.489 e. The van der Waals surface area contributed by atoms with Gasteiger partial charge in [-0.3, -0.25) is 20.2 Å². The smallest absolute Gasteiger partial charge is 0.423 e. The van der Waals surface area contributed by atoms with Gasteiger partial charge in [-0.1, -0.05) is 97.1 Å². The molecule has 2 N–H and O–H groups in total. The van der Waals surface area contributed by atoms with E-state index in [9.17, 15) is 30.3 Å². The van der Waals surface area contributed by atoms with E-state index < -0.39 is 12.0 Å². The minimum atomic E-state index is -1.41. The van der Waals surface area contributed by atoms with E-state index in [0.29, 0.717) is 15.5 Å². The monoisotopic (exact) mass is 734 g/mol. The first-order valence-corrected chi connectivity index (χ1v) is 17.0. The van der Waals surface area contributed by atoms with Crippen LogP contribution < -0.4 is 5.46 Å². The third-order valence-electron chi connectivity index (χ3n) is 7.56. The summed E-state index contributed by atoms with van der Waals surface area (Å²) in [5.41, 5.74) is 2.42. The maximum absolute atomic E-state index is 11.3. The highest BCUT2D eigenvalue weighted by Gasteiger charge is 2.19. The highest BCUT2D eigenvalue weighted by molar-refractivity contribution is 9.10. The number of benzene rings is 6. The van der Waals surface area contributed by atoms with Gasteiger partial charge in [0.2, 0.25) is 0 Å². The Labute approximate surface area is 290 Å². The van der Waals surface area contributed by atoms with E-state index in [1.807, 2.05) is 66.7 Å². The predicted octanol–water partition coefficient (Wildman–Crippen LogP) is 9.72. The molecule has 6 aromatic carbocycles. The van der Waals surface area contributed by atoms with Gasteiger partial charge in [0.1, 0.15) is 0 Å².